The molecule has 124 valence electrons. The van der Waals surface area contributed by atoms with Gasteiger partial charge in [0.25, 0.3) is 0 Å². The first-order valence-electron chi connectivity index (χ1n) is 8.10. The first kappa shape index (κ1) is 15.1. The predicted octanol–water partition coefficient (Wildman–Crippen LogP) is 2.36. The second-order valence-corrected chi connectivity index (χ2v) is 7.14. The fourth-order valence-corrected chi connectivity index (χ4v) is 4.34. The van der Waals surface area contributed by atoms with Crippen LogP contribution in [0.25, 0.3) is 10.2 Å². The van der Waals surface area contributed by atoms with Crippen LogP contribution < -0.4 is 10.6 Å². The fourth-order valence-electron chi connectivity index (χ4n) is 3.34. The van der Waals surface area contributed by atoms with E-state index in [1.165, 1.54) is 4.70 Å². The normalized spacial score (nSPS) is 18.2. The van der Waals surface area contributed by atoms with Crippen LogP contribution >= 0.6 is 11.3 Å². The number of nitrogens with zero attached hydrogens (tertiary/aromatic N) is 4. The molecule has 0 radical (unpaired) electrons. The molecule has 0 spiro atoms. The Labute approximate surface area is 143 Å². The van der Waals surface area contributed by atoms with Crippen molar-refractivity contribution in [1.82, 2.24) is 14.5 Å². The van der Waals surface area contributed by atoms with E-state index >= 15 is 0 Å². The average Bonchev–Trinajstić information content (AvgIpc) is 3.21. The topological polar surface area (TPSA) is 77.0 Å². The highest BCUT2D eigenvalue weighted by molar-refractivity contribution is 7.22. The molecule has 1 fully saturated rings. The molecule has 24 heavy (non-hydrogen) atoms. The van der Waals surface area contributed by atoms with E-state index in [1.807, 2.05) is 22.9 Å². The molecule has 2 N–H and O–H groups in total. The van der Waals surface area contributed by atoms with Gasteiger partial charge in [-0.3, -0.25) is 4.79 Å². The lowest BCUT2D eigenvalue weighted by Gasteiger charge is -2.32. The van der Waals surface area contributed by atoms with Gasteiger partial charge in [-0.1, -0.05) is 23.5 Å². The summed E-state index contributed by atoms with van der Waals surface area (Å²) in [4.78, 5) is 22.8. The molecule has 1 amide bonds. The highest BCUT2D eigenvalue weighted by Gasteiger charge is 2.26. The molecule has 3 aromatic rings. The zero-order chi connectivity index (χ0) is 16.5. The van der Waals surface area contributed by atoms with Crippen LogP contribution in [-0.2, 0) is 11.3 Å². The zero-order valence-electron chi connectivity index (χ0n) is 13.3. The number of carbonyl (C=O) groups is 1. The summed E-state index contributed by atoms with van der Waals surface area (Å²) >= 11 is 1.73. The standard InChI is InChI=1S/C17H19N5OS/c18-15(23)11-21-9-7-19-16(21)12-4-3-8-22(10-12)17-20-13-5-1-2-6-14(13)24-17/h1-2,5-7,9,12H,3-4,8,10-11H2,(H2,18,23)/t12-/m0/s1. The Hall–Kier alpha value is -2.41. The predicted molar refractivity (Wildman–Crippen MR) is 95.2 cm³/mol. The highest BCUT2D eigenvalue weighted by Crippen LogP contribution is 2.33. The number of rotatable bonds is 4. The van der Waals surface area contributed by atoms with Crippen LogP contribution in [0.5, 0.6) is 0 Å². The summed E-state index contributed by atoms with van der Waals surface area (Å²) in [6.45, 7) is 2.06. The summed E-state index contributed by atoms with van der Waals surface area (Å²) in [6.07, 6.45) is 5.73. The number of anilines is 1. The molecule has 2 aromatic heterocycles. The highest BCUT2D eigenvalue weighted by atomic mass is 32.1. The maximum Gasteiger partial charge on any atom is 0.237 e. The van der Waals surface area contributed by atoms with E-state index in [0.29, 0.717) is 5.92 Å². The molecule has 3 heterocycles. The van der Waals surface area contributed by atoms with Gasteiger partial charge in [0.2, 0.25) is 5.91 Å². The Balaban J connectivity index is 1.57. The largest absolute Gasteiger partial charge is 0.368 e. The Morgan fingerprint density at radius 3 is 3.08 bits per heavy atom. The number of benzene rings is 1. The van der Waals surface area contributed by atoms with Crippen molar-refractivity contribution < 1.29 is 4.79 Å². The zero-order valence-corrected chi connectivity index (χ0v) is 14.1. The number of para-hydroxylation sites is 1. The summed E-state index contributed by atoms with van der Waals surface area (Å²) < 4.78 is 3.08. The summed E-state index contributed by atoms with van der Waals surface area (Å²) in [7, 11) is 0. The van der Waals surface area contributed by atoms with Gasteiger partial charge in [-0.15, -0.1) is 0 Å². The van der Waals surface area contributed by atoms with Crippen LogP contribution in [0.1, 0.15) is 24.6 Å². The molecule has 6 nitrogen and oxygen atoms in total. The first-order chi connectivity index (χ1) is 11.7. The fraction of sp³-hybridized carbons (Fsp3) is 0.353. The van der Waals surface area contributed by atoms with Gasteiger partial charge in [-0.2, -0.15) is 0 Å². The number of nitrogens with two attached hydrogens (primary N) is 1. The molecular weight excluding hydrogens is 322 g/mol. The number of aromatic nitrogens is 3. The van der Waals surface area contributed by atoms with E-state index in [1.54, 1.807) is 17.5 Å². The smallest absolute Gasteiger partial charge is 0.237 e. The molecule has 1 aliphatic heterocycles. The van der Waals surface area contributed by atoms with Gasteiger partial charge in [0.1, 0.15) is 12.4 Å². The van der Waals surface area contributed by atoms with Crippen LogP contribution in [0.15, 0.2) is 36.7 Å². The van der Waals surface area contributed by atoms with E-state index < -0.39 is 0 Å². The number of thiazole rings is 1. The summed E-state index contributed by atoms with van der Waals surface area (Å²) in [5.41, 5.74) is 6.39. The molecule has 4 rings (SSSR count). The van der Waals surface area contributed by atoms with E-state index in [0.717, 1.165) is 42.4 Å². The lowest BCUT2D eigenvalue weighted by atomic mass is 9.97. The Morgan fingerprint density at radius 1 is 1.38 bits per heavy atom. The second kappa shape index (κ2) is 6.24. The van der Waals surface area contributed by atoms with Crippen LogP contribution in [0.3, 0.4) is 0 Å². The Morgan fingerprint density at radius 2 is 2.25 bits per heavy atom. The van der Waals surface area contributed by atoms with E-state index in [-0.39, 0.29) is 12.5 Å². The van der Waals surface area contributed by atoms with E-state index in [9.17, 15) is 4.79 Å². The van der Waals surface area contributed by atoms with Gasteiger partial charge in [0.05, 0.1) is 10.2 Å². The number of fused-ring (bicyclic) bond motifs is 1. The number of amides is 1. The van der Waals surface area contributed by atoms with E-state index in [2.05, 4.69) is 22.0 Å². The first-order valence-corrected chi connectivity index (χ1v) is 8.92. The van der Waals surface area contributed by atoms with Crippen molar-refractivity contribution in [3.63, 3.8) is 0 Å². The number of hydrogen-bond donors (Lipinski definition) is 1. The number of hydrogen-bond acceptors (Lipinski definition) is 5. The van der Waals surface area contributed by atoms with Gasteiger partial charge in [-0.05, 0) is 25.0 Å². The molecule has 1 saturated heterocycles. The summed E-state index contributed by atoms with van der Waals surface area (Å²) in [5.74, 6) is 0.896. The van der Waals surface area contributed by atoms with Crippen molar-refractivity contribution in [2.24, 2.45) is 5.73 Å². The maximum absolute atomic E-state index is 11.2. The third-order valence-electron chi connectivity index (χ3n) is 4.41. The Bertz CT molecular complexity index is 838. The molecule has 0 saturated carbocycles. The minimum Gasteiger partial charge on any atom is -0.368 e. The average molecular weight is 341 g/mol. The van der Waals surface area contributed by atoms with Gasteiger partial charge >= 0.3 is 0 Å². The number of piperidine rings is 1. The Kier molecular flexibility index (Phi) is 3.93. The van der Waals surface area contributed by atoms with Crippen molar-refractivity contribution >= 4 is 32.6 Å². The van der Waals surface area contributed by atoms with Crippen molar-refractivity contribution in [3.8, 4) is 0 Å². The minimum absolute atomic E-state index is 0.187. The quantitative estimate of drug-likeness (QED) is 0.790. The minimum atomic E-state index is -0.340. The molecular formula is C17H19N5OS. The lowest BCUT2D eigenvalue weighted by molar-refractivity contribution is -0.118. The van der Waals surface area contributed by atoms with Gasteiger partial charge in [0, 0.05) is 31.4 Å². The number of primary amides is 1. The SMILES string of the molecule is NC(=O)Cn1ccnc1[C@H]1CCCN(c2nc3ccccc3s2)C1. The monoisotopic (exact) mass is 341 g/mol. The third kappa shape index (κ3) is 2.87. The lowest BCUT2D eigenvalue weighted by Crippen LogP contribution is -2.35. The van der Waals surface area contributed by atoms with Crippen molar-refractivity contribution in [2.75, 3.05) is 18.0 Å². The van der Waals surface area contributed by atoms with Crippen molar-refractivity contribution in [2.45, 2.75) is 25.3 Å². The molecule has 0 bridgehead atoms. The van der Waals surface area contributed by atoms with Crippen LogP contribution in [0.2, 0.25) is 0 Å². The summed E-state index contributed by atoms with van der Waals surface area (Å²) in [6, 6.07) is 8.23. The third-order valence-corrected chi connectivity index (χ3v) is 5.51. The molecule has 0 aliphatic carbocycles. The van der Waals surface area contributed by atoms with Gasteiger partial charge < -0.3 is 15.2 Å². The second-order valence-electron chi connectivity index (χ2n) is 6.13. The number of carbonyl (C=O) groups excluding carboxylic acids is 1. The van der Waals surface area contributed by atoms with Crippen LogP contribution in [0, 0.1) is 0 Å². The molecule has 0 unspecified atom stereocenters. The van der Waals surface area contributed by atoms with Crippen LogP contribution in [0.4, 0.5) is 5.13 Å². The van der Waals surface area contributed by atoms with E-state index in [4.69, 9.17) is 10.7 Å². The van der Waals surface area contributed by atoms with Crippen LogP contribution in [-0.4, -0.2) is 33.5 Å². The molecule has 1 aromatic carbocycles. The number of imidazole rings is 1. The maximum atomic E-state index is 11.2. The molecule has 7 heteroatoms. The van der Waals surface area contributed by atoms with Crippen molar-refractivity contribution in [1.29, 1.82) is 0 Å². The summed E-state index contributed by atoms with van der Waals surface area (Å²) in [5, 5.41) is 1.06. The van der Waals surface area contributed by atoms with Crippen molar-refractivity contribution in [3.05, 3.63) is 42.5 Å². The molecule has 1 aliphatic rings. The molecule has 1 atom stereocenters. The van der Waals surface area contributed by atoms with Gasteiger partial charge in [-0.25, -0.2) is 9.97 Å². The van der Waals surface area contributed by atoms with Gasteiger partial charge in [0.15, 0.2) is 5.13 Å².